The summed E-state index contributed by atoms with van der Waals surface area (Å²) in [7, 11) is 2.14. The standard InChI is InChI=1S/C11H13NO6/c1-17-10(15)9(14)11(16,18-2)8-5-3-4-7(6-13)12-8/h3-6,9,14,16H,1-2H3. The van der Waals surface area contributed by atoms with Crippen molar-refractivity contribution in [3.05, 3.63) is 29.6 Å². The topological polar surface area (TPSA) is 106 Å². The molecule has 1 heterocycles. The van der Waals surface area contributed by atoms with Gasteiger partial charge in [-0.05, 0) is 12.1 Å². The van der Waals surface area contributed by atoms with Crippen molar-refractivity contribution in [2.24, 2.45) is 0 Å². The maximum atomic E-state index is 11.2. The van der Waals surface area contributed by atoms with Crippen LogP contribution in [0.2, 0.25) is 0 Å². The van der Waals surface area contributed by atoms with Gasteiger partial charge in [0.25, 0.3) is 0 Å². The van der Waals surface area contributed by atoms with Crippen molar-refractivity contribution in [3.63, 3.8) is 0 Å². The van der Waals surface area contributed by atoms with Crippen molar-refractivity contribution in [1.82, 2.24) is 4.98 Å². The first-order valence-corrected chi connectivity index (χ1v) is 4.95. The highest BCUT2D eigenvalue weighted by atomic mass is 16.6. The summed E-state index contributed by atoms with van der Waals surface area (Å²) < 4.78 is 9.05. The Morgan fingerprint density at radius 1 is 1.50 bits per heavy atom. The maximum Gasteiger partial charge on any atom is 0.340 e. The van der Waals surface area contributed by atoms with Gasteiger partial charge in [-0.1, -0.05) is 6.07 Å². The van der Waals surface area contributed by atoms with Gasteiger partial charge in [0, 0.05) is 7.11 Å². The second kappa shape index (κ2) is 5.67. The Labute approximate surface area is 103 Å². The first kappa shape index (κ1) is 14.2. The Balaban J connectivity index is 3.21. The first-order chi connectivity index (χ1) is 8.49. The van der Waals surface area contributed by atoms with Gasteiger partial charge in [-0.3, -0.25) is 4.79 Å². The van der Waals surface area contributed by atoms with Crippen molar-refractivity contribution in [2.75, 3.05) is 14.2 Å². The van der Waals surface area contributed by atoms with Gasteiger partial charge < -0.3 is 19.7 Å². The molecular weight excluding hydrogens is 242 g/mol. The van der Waals surface area contributed by atoms with E-state index in [0.29, 0.717) is 6.29 Å². The molecule has 98 valence electrons. The average Bonchev–Trinajstić information content (AvgIpc) is 2.44. The zero-order valence-electron chi connectivity index (χ0n) is 9.86. The highest BCUT2D eigenvalue weighted by Crippen LogP contribution is 2.25. The lowest BCUT2D eigenvalue weighted by molar-refractivity contribution is -0.256. The van der Waals surface area contributed by atoms with Gasteiger partial charge >= 0.3 is 5.97 Å². The van der Waals surface area contributed by atoms with Crippen LogP contribution in [-0.2, 0) is 20.1 Å². The van der Waals surface area contributed by atoms with Crippen LogP contribution in [0, 0.1) is 0 Å². The summed E-state index contributed by atoms with van der Waals surface area (Å²) in [4.78, 5) is 25.6. The lowest BCUT2D eigenvalue weighted by Gasteiger charge is -2.28. The quantitative estimate of drug-likeness (QED) is 0.404. The van der Waals surface area contributed by atoms with E-state index in [1.807, 2.05) is 0 Å². The SMILES string of the molecule is COC(=O)C(O)C(O)(OC)c1cccc(C=O)n1. The molecule has 2 N–H and O–H groups in total. The molecule has 0 saturated heterocycles. The average molecular weight is 255 g/mol. The van der Waals surface area contributed by atoms with E-state index in [-0.39, 0.29) is 11.4 Å². The van der Waals surface area contributed by atoms with E-state index >= 15 is 0 Å². The molecule has 0 radical (unpaired) electrons. The molecule has 7 heteroatoms. The van der Waals surface area contributed by atoms with Gasteiger partial charge in [0.15, 0.2) is 6.29 Å². The highest BCUT2D eigenvalue weighted by Gasteiger charge is 2.44. The van der Waals surface area contributed by atoms with Gasteiger partial charge in [0.1, 0.15) is 11.4 Å². The van der Waals surface area contributed by atoms with Crippen LogP contribution in [0.15, 0.2) is 18.2 Å². The summed E-state index contributed by atoms with van der Waals surface area (Å²) in [6.45, 7) is 0. The number of aliphatic hydroxyl groups excluding tert-OH is 1. The predicted octanol–water partition coefficient (Wildman–Crippen LogP) is -0.781. The third-order valence-corrected chi connectivity index (χ3v) is 2.36. The molecule has 0 amide bonds. The van der Waals surface area contributed by atoms with Crippen LogP contribution in [0.4, 0.5) is 0 Å². The summed E-state index contributed by atoms with van der Waals surface area (Å²) >= 11 is 0. The Morgan fingerprint density at radius 2 is 2.17 bits per heavy atom. The number of methoxy groups -OCH3 is 2. The number of aliphatic hydroxyl groups is 2. The van der Waals surface area contributed by atoms with E-state index in [9.17, 15) is 19.8 Å². The van der Waals surface area contributed by atoms with Crippen molar-refractivity contribution in [1.29, 1.82) is 0 Å². The van der Waals surface area contributed by atoms with Gasteiger partial charge in [0.05, 0.1) is 7.11 Å². The Bertz CT molecular complexity index is 449. The number of esters is 1. The van der Waals surface area contributed by atoms with E-state index < -0.39 is 17.9 Å². The molecule has 0 spiro atoms. The molecule has 7 nitrogen and oxygen atoms in total. The van der Waals surface area contributed by atoms with Crippen LogP contribution in [-0.4, -0.2) is 47.8 Å². The minimum Gasteiger partial charge on any atom is -0.467 e. The van der Waals surface area contributed by atoms with E-state index in [0.717, 1.165) is 14.2 Å². The lowest BCUT2D eigenvalue weighted by Crippen LogP contribution is -2.47. The first-order valence-electron chi connectivity index (χ1n) is 4.95. The van der Waals surface area contributed by atoms with Crippen molar-refractivity contribution >= 4 is 12.3 Å². The third-order valence-electron chi connectivity index (χ3n) is 2.36. The fourth-order valence-electron chi connectivity index (χ4n) is 1.34. The number of aldehydes is 1. The minimum atomic E-state index is -2.38. The van der Waals surface area contributed by atoms with Crippen LogP contribution in [0.5, 0.6) is 0 Å². The van der Waals surface area contributed by atoms with E-state index in [1.54, 1.807) is 0 Å². The smallest absolute Gasteiger partial charge is 0.340 e. The molecule has 0 aliphatic carbocycles. The Hall–Kier alpha value is -1.83. The number of aromatic nitrogens is 1. The van der Waals surface area contributed by atoms with Crippen LogP contribution < -0.4 is 0 Å². The molecule has 0 saturated carbocycles. The molecule has 1 rings (SSSR count). The summed E-state index contributed by atoms with van der Waals surface area (Å²) in [5, 5.41) is 19.8. The fraction of sp³-hybridized carbons (Fsp3) is 0.364. The number of nitrogens with zero attached hydrogens (tertiary/aromatic N) is 1. The highest BCUT2D eigenvalue weighted by molar-refractivity contribution is 5.76. The summed E-state index contributed by atoms with van der Waals surface area (Å²) in [5.74, 6) is -3.47. The maximum absolute atomic E-state index is 11.2. The summed E-state index contributed by atoms with van der Waals surface area (Å²) in [6.07, 6.45) is -1.52. The Kier molecular flexibility index (Phi) is 4.49. The third kappa shape index (κ3) is 2.53. The fourth-order valence-corrected chi connectivity index (χ4v) is 1.34. The van der Waals surface area contributed by atoms with Crippen molar-refractivity contribution < 1.29 is 29.3 Å². The number of hydrogen-bond acceptors (Lipinski definition) is 7. The van der Waals surface area contributed by atoms with E-state index in [2.05, 4.69) is 9.72 Å². The normalized spacial score (nSPS) is 15.6. The molecule has 0 bridgehead atoms. The number of carbonyl (C=O) groups excluding carboxylic acids is 2. The number of ether oxygens (including phenoxy) is 2. The molecule has 0 aliphatic heterocycles. The van der Waals surface area contributed by atoms with Gasteiger partial charge in [-0.25, -0.2) is 9.78 Å². The monoisotopic (exact) mass is 255 g/mol. The van der Waals surface area contributed by atoms with Crippen LogP contribution in [0.1, 0.15) is 16.2 Å². The molecule has 1 aromatic rings. The van der Waals surface area contributed by atoms with Crippen molar-refractivity contribution in [3.8, 4) is 0 Å². The second-order valence-corrected chi connectivity index (χ2v) is 3.39. The van der Waals surface area contributed by atoms with Crippen LogP contribution in [0.25, 0.3) is 0 Å². The van der Waals surface area contributed by atoms with E-state index in [4.69, 9.17) is 4.74 Å². The van der Waals surface area contributed by atoms with Gasteiger partial charge in [0.2, 0.25) is 11.9 Å². The predicted molar refractivity (Wildman–Crippen MR) is 58.6 cm³/mol. The molecule has 0 aliphatic rings. The van der Waals surface area contributed by atoms with Gasteiger partial charge in [-0.15, -0.1) is 0 Å². The zero-order chi connectivity index (χ0) is 13.8. The van der Waals surface area contributed by atoms with E-state index in [1.165, 1.54) is 18.2 Å². The summed E-state index contributed by atoms with van der Waals surface area (Å²) in [5.41, 5.74) is -0.146. The Morgan fingerprint density at radius 3 is 2.67 bits per heavy atom. The van der Waals surface area contributed by atoms with Crippen molar-refractivity contribution in [2.45, 2.75) is 11.9 Å². The molecule has 18 heavy (non-hydrogen) atoms. The lowest BCUT2D eigenvalue weighted by atomic mass is 10.1. The summed E-state index contributed by atoms with van der Waals surface area (Å²) in [6, 6.07) is 4.14. The number of pyridine rings is 1. The number of hydrogen-bond donors (Lipinski definition) is 2. The number of carbonyl (C=O) groups is 2. The van der Waals surface area contributed by atoms with Crippen LogP contribution in [0.3, 0.4) is 0 Å². The molecule has 1 aromatic heterocycles. The van der Waals surface area contributed by atoms with Crippen LogP contribution >= 0.6 is 0 Å². The number of rotatable bonds is 5. The second-order valence-electron chi connectivity index (χ2n) is 3.39. The van der Waals surface area contributed by atoms with Gasteiger partial charge in [-0.2, -0.15) is 0 Å². The minimum absolute atomic E-state index is 0.0278. The molecule has 2 atom stereocenters. The molecular formula is C11H13NO6. The zero-order valence-corrected chi connectivity index (χ0v) is 9.86. The largest absolute Gasteiger partial charge is 0.467 e. The molecule has 0 aromatic carbocycles. The molecule has 2 unspecified atom stereocenters. The molecule has 0 fully saturated rings.